The lowest BCUT2D eigenvalue weighted by atomic mass is 9.69. The van der Waals surface area contributed by atoms with E-state index in [0.29, 0.717) is 19.6 Å². The van der Waals surface area contributed by atoms with Crippen molar-refractivity contribution in [1.82, 2.24) is 4.90 Å². The maximum Gasteiger partial charge on any atom is 0.307 e. The number of carbonyl (C=O) groups is 2. The molecule has 0 aliphatic carbocycles. The van der Waals surface area contributed by atoms with E-state index in [1.165, 1.54) is 0 Å². The van der Waals surface area contributed by atoms with Gasteiger partial charge in [0.15, 0.2) is 0 Å². The molecule has 0 saturated heterocycles. The minimum atomic E-state index is -0.518. The van der Waals surface area contributed by atoms with Gasteiger partial charge in [0.05, 0.1) is 13.0 Å². The maximum atomic E-state index is 13.0. The Bertz CT molecular complexity index is 881. The quantitative estimate of drug-likeness (QED) is 0.446. The topological polar surface area (TPSA) is 46.6 Å². The van der Waals surface area contributed by atoms with E-state index >= 15 is 0 Å². The zero-order chi connectivity index (χ0) is 23.4. The summed E-state index contributed by atoms with van der Waals surface area (Å²) in [5.41, 5.74) is 3.73. The predicted molar refractivity (Wildman–Crippen MR) is 127 cm³/mol. The second-order valence-corrected chi connectivity index (χ2v) is 10.2. The van der Waals surface area contributed by atoms with Crippen LogP contribution in [0, 0.1) is 5.41 Å². The Morgan fingerprint density at radius 2 is 2.00 bits per heavy atom. The van der Waals surface area contributed by atoms with Crippen molar-refractivity contribution >= 4 is 23.5 Å². The molecule has 0 saturated carbocycles. The Balaban J connectivity index is 2.31. The lowest BCUT2D eigenvalue weighted by Gasteiger charge is -2.40. The predicted octanol–water partition coefficient (Wildman–Crippen LogP) is 6.22. The van der Waals surface area contributed by atoms with E-state index in [1.807, 2.05) is 19.2 Å². The highest BCUT2D eigenvalue weighted by molar-refractivity contribution is 6.31. The van der Waals surface area contributed by atoms with Gasteiger partial charge in [-0.05, 0) is 54.9 Å². The number of hydrogen-bond donors (Lipinski definition) is 0. The van der Waals surface area contributed by atoms with Gasteiger partial charge in [-0.2, -0.15) is 0 Å². The van der Waals surface area contributed by atoms with Gasteiger partial charge in [0, 0.05) is 29.6 Å². The van der Waals surface area contributed by atoms with Crippen LogP contribution in [-0.2, 0) is 26.2 Å². The fourth-order valence-electron chi connectivity index (χ4n) is 3.95. The average Bonchev–Trinajstić information content (AvgIpc) is 2.65. The summed E-state index contributed by atoms with van der Waals surface area (Å²) in [4.78, 5) is 26.3. The molecule has 5 heteroatoms. The van der Waals surface area contributed by atoms with Gasteiger partial charge in [0.1, 0.15) is 0 Å². The number of nitrogens with zero attached hydrogens (tertiary/aromatic N) is 1. The zero-order valence-corrected chi connectivity index (χ0v) is 20.6. The molecule has 2 rings (SSSR count). The van der Waals surface area contributed by atoms with Crippen molar-refractivity contribution in [3.8, 4) is 0 Å². The molecule has 0 aromatic heterocycles. The largest absolute Gasteiger partial charge is 0.466 e. The lowest BCUT2D eigenvalue weighted by Crippen LogP contribution is -2.42. The van der Waals surface area contributed by atoms with Crippen molar-refractivity contribution in [2.45, 2.75) is 72.6 Å². The van der Waals surface area contributed by atoms with E-state index in [1.54, 1.807) is 11.8 Å². The van der Waals surface area contributed by atoms with Gasteiger partial charge in [0.25, 0.3) is 0 Å². The van der Waals surface area contributed by atoms with Gasteiger partial charge in [-0.1, -0.05) is 63.6 Å². The molecule has 1 atom stereocenters. The highest BCUT2D eigenvalue weighted by Gasteiger charge is 2.39. The molecule has 0 N–H and O–H groups in total. The summed E-state index contributed by atoms with van der Waals surface area (Å²) in [6, 6.07) is 6.17. The molecule has 0 spiro atoms. The monoisotopic (exact) mass is 445 g/mol. The standard InChI is InChI=1S/C26H36ClNO3/c1-8-31-24(30)12-14-28-17-21(18(2)3)26(7,16-23(28)29)20-10-9-19(22(27)15-20)11-13-25(4,5)6/h9-10,15,17H,2,8,11-14,16H2,1,3-7H3/t26-/m0/s1. The van der Waals surface area contributed by atoms with E-state index in [2.05, 4.69) is 46.4 Å². The summed E-state index contributed by atoms with van der Waals surface area (Å²) in [6.45, 7) is 17.2. The van der Waals surface area contributed by atoms with Crippen LogP contribution in [0.5, 0.6) is 0 Å². The molecule has 4 nitrogen and oxygen atoms in total. The average molecular weight is 446 g/mol. The first kappa shape index (κ1) is 25.2. The van der Waals surface area contributed by atoms with Crippen molar-refractivity contribution in [3.05, 3.63) is 58.3 Å². The van der Waals surface area contributed by atoms with E-state index in [9.17, 15) is 9.59 Å². The minimum absolute atomic E-state index is 0.0234. The van der Waals surface area contributed by atoms with Crippen molar-refractivity contribution in [3.63, 3.8) is 0 Å². The van der Waals surface area contributed by atoms with Crippen LogP contribution < -0.4 is 0 Å². The van der Waals surface area contributed by atoms with Crippen molar-refractivity contribution in [1.29, 1.82) is 0 Å². The molecule has 1 aliphatic rings. The summed E-state index contributed by atoms with van der Waals surface area (Å²) in [6.07, 6.45) is 4.28. The normalized spacial score (nSPS) is 19.3. The molecule has 0 unspecified atom stereocenters. The summed E-state index contributed by atoms with van der Waals surface area (Å²) < 4.78 is 4.99. The SMILES string of the molecule is C=C(C)C1=CN(CCC(=O)OCC)C(=O)C[C@@]1(C)c1ccc(CCC(C)(C)C)c(Cl)c1. The summed E-state index contributed by atoms with van der Waals surface area (Å²) in [5.74, 6) is -0.323. The zero-order valence-electron chi connectivity index (χ0n) is 19.8. The third-order valence-corrected chi connectivity index (χ3v) is 6.21. The van der Waals surface area contributed by atoms with Crippen LogP contribution in [0.15, 0.2) is 42.1 Å². The number of amides is 1. The van der Waals surface area contributed by atoms with Gasteiger partial charge in [-0.25, -0.2) is 0 Å². The maximum absolute atomic E-state index is 13.0. The first-order chi connectivity index (χ1) is 14.4. The second-order valence-electron chi connectivity index (χ2n) is 9.84. The van der Waals surface area contributed by atoms with E-state index < -0.39 is 5.41 Å². The Kier molecular flexibility index (Phi) is 8.15. The van der Waals surface area contributed by atoms with Crippen LogP contribution in [0.25, 0.3) is 0 Å². The van der Waals surface area contributed by atoms with Crippen LogP contribution in [0.4, 0.5) is 0 Å². The first-order valence-corrected chi connectivity index (χ1v) is 11.4. The lowest BCUT2D eigenvalue weighted by molar-refractivity contribution is -0.143. The van der Waals surface area contributed by atoms with Gasteiger partial charge in [-0.3, -0.25) is 9.59 Å². The van der Waals surface area contributed by atoms with Gasteiger partial charge in [-0.15, -0.1) is 0 Å². The molecular weight excluding hydrogens is 410 g/mol. The molecule has 1 aromatic rings. The van der Waals surface area contributed by atoms with Crippen LogP contribution in [0.2, 0.25) is 5.02 Å². The fraction of sp³-hybridized carbons (Fsp3) is 0.538. The third-order valence-electron chi connectivity index (χ3n) is 5.86. The Labute approximate surface area is 192 Å². The van der Waals surface area contributed by atoms with E-state index in [0.717, 1.165) is 40.1 Å². The number of benzene rings is 1. The minimum Gasteiger partial charge on any atom is -0.466 e. The van der Waals surface area contributed by atoms with Gasteiger partial charge < -0.3 is 9.64 Å². The summed E-state index contributed by atoms with van der Waals surface area (Å²) in [5, 5.41) is 0.737. The number of allylic oxidation sites excluding steroid dienone is 2. The van der Waals surface area contributed by atoms with Crippen molar-refractivity contribution in [2.24, 2.45) is 5.41 Å². The van der Waals surface area contributed by atoms with Crippen LogP contribution in [0.1, 0.15) is 71.9 Å². The summed E-state index contributed by atoms with van der Waals surface area (Å²) >= 11 is 6.66. The number of ether oxygens (including phenoxy) is 1. The number of hydrogen-bond acceptors (Lipinski definition) is 3. The smallest absolute Gasteiger partial charge is 0.307 e. The number of carbonyl (C=O) groups excluding carboxylic acids is 2. The van der Waals surface area contributed by atoms with Crippen LogP contribution in [-0.4, -0.2) is 29.9 Å². The molecule has 31 heavy (non-hydrogen) atoms. The third kappa shape index (κ3) is 6.46. The van der Waals surface area contributed by atoms with Gasteiger partial charge >= 0.3 is 5.97 Å². The van der Waals surface area contributed by atoms with E-state index in [-0.39, 0.29) is 23.7 Å². The Hall–Kier alpha value is -2.07. The molecule has 170 valence electrons. The molecule has 1 heterocycles. The first-order valence-electron chi connectivity index (χ1n) is 11.0. The van der Waals surface area contributed by atoms with Crippen LogP contribution >= 0.6 is 11.6 Å². The molecular formula is C26H36ClNO3. The number of rotatable bonds is 8. The Morgan fingerprint density at radius 3 is 2.55 bits per heavy atom. The molecule has 1 aromatic carbocycles. The van der Waals surface area contributed by atoms with Crippen molar-refractivity contribution < 1.29 is 14.3 Å². The highest BCUT2D eigenvalue weighted by Crippen LogP contribution is 2.43. The van der Waals surface area contributed by atoms with E-state index in [4.69, 9.17) is 16.3 Å². The number of aryl methyl sites for hydroxylation is 1. The molecule has 0 fully saturated rings. The fourth-order valence-corrected chi connectivity index (χ4v) is 4.22. The molecule has 1 amide bonds. The summed E-state index contributed by atoms with van der Waals surface area (Å²) in [7, 11) is 0. The Morgan fingerprint density at radius 1 is 1.32 bits per heavy atom. The van der Waals surface area contributed by atoms with Gasteiger partial charge in [0.2, 0.25) is 5.91 Å². The second kappa shape index (κ2) is 10.0. The molecule has 1 aliphatic heterocycles. The van der Waals surface area contributed by atoms with Crippen LogP contribution in [0.3, 0.4) is 0 Å². The molecule has 0 bridgehead atoms. The number of esters is 1. The van der Waals surface area contributed by atoms with Crippen molar-refractivity contribution in [2.75, 3.05) is 13.2 Å². The number of halogens is 1. The highest BCUT2D eigenvalue weighted by atomic mass is 35.5. The molecule has 0 radical (unpaired) electrons.